The molecule has 0 atom stereocenters. The Kier molecular flexibility index (Phi) is 4.13. The molecule has 0 amide bonds. The molecule has 0 aliphatic heterocycles. The number of rotatable bonds is 2. The van der Waals surface area contributed by atoms with Gasteiger partial charge in [0.2, 0.25) is 0 Å². The van der Waals surface area contributed by atoms with Gasteiger partial charge in [-0.05, 0) is 32.4 Å². The van der Waals surface area contributed by atoms with E-state index in [4.69, 9.17) is 6.42 Å². The van der Waals surface area contributed by atoms with Gasteiger partial charge in [-0.1, -0.05) is 39.5 Å². The summed E-state index contributed by atoms with van der Waals surface area (Å²) in [6.45, 7) is 6.11. The second-order valence-electron chi connectivity index (χ2n) is 5.45. The zero-order chi connectivity index (χ0) is 16.7. The summed E-state index contributed by atoms with van der Waals surface area (Å²) in [5.41, 5.74) is 3.04. The van der Waals surface area contributed by atoms with Crippen molar-refractivity contribution in [3.8, 4) is 23.5 Å². The zero-order valence-electron chi connectivity index (χ0n) is 13.1. The lowest BCUT2D eigenvalue weighted by Gasteiger charge is -2.09. The number of aryl methyl sites for hydroxylation is 3. The fraction of sp³-hybridized carbons (Fsp3) is 0.222. The van der Waals surface area contributed by atoms with Gasteiger partial charge in [-0.3, -0.25) is 9.36 Å². The fourth-order valence-corrected chi connectivity index (χ4v) is 4.25. The molecular weight excluding hydrogens is 372 g/mol. The number of halogens is 1. The highest BCUT2D eigenvalue weighted by molar-refractivity contribution is 9.10. The van der Waals surface area contributed by atoms with E-state index < -0.39 is 0 Å². The summed E-state index contributed by atoms with van der Waals surface area (Å²) in [6, 6.07) is 6.13. The Morgan fingerprint density at radius 1 is 1.35 bits per heavy atom. The average Bonchev–Trinajstić information content (AvgIpc) is 2.82. The summed E-state index contributed by atoms with van der Waals surface area (Å²) >= 11 is 5.15. The van der Waals surface area contributed by atoms with Gasteiger partial charge in [0.1, 0.15) is 10.7 Å². The van der Waals surface area contributed by atoms with E-state index >= 15 is 0 Å². The van der Waals surface area contributed by atoms with Gasteiger partial charge in [0.15, 0.2) is 0 Å². The average molecular weight is 387 g/mol. The molecule has 3 nitrogen and oxygen atoms in total. The second-order valence-corrected chi connectivity index (χ2v) is 7.51. The molecular formula is C18H15BrN2OS. The topological polar surface area (TPSA) is 34.9 Å². The van der Waals surface area contributed by atoms with E-state index in [0.29, 0.717) is 11.2 Å². The van der Waals surface area contributed by atoms with Crippen molar-refractivity contribution in [2.45, 2.75) is 27.3 Å². The minimum absolute atomic E-state index is 0.0711. The lowest BCUT2D eigenvalue weighted by molar-refractivity contribution is 0.743. The maximum atomic E-state index is 13.0. The van der Waals surface area contributed by atoms with Crippen LogP contribution in [0.4, 0.5) is 0 Å². The van der Waals surface area contributed by atoms with Crippen LogP contribution in [0.3, 0.4) is 0 Å². The van der Waals surface area contributed by atoms with Crippen molar-refractivity contribution in [3.05, 3.63) is 49.3 Å². The highest BCUT2D eigenvalue weighted by Crippen LogP contribution is 2.39. The molecule has 0 spiro atoms. The molecule has 116 valence electrons. The van der Waals surface area contributed by atoms with Crippen LogP contribution < -0.4 is 5.56 Å². The molecule has 0 unspecified atom stereocenters. The van der Waals surface area contributed by atoms with Crippen molar-refractivity contribution in [3.63, 3.8) is 0 Å². The van der Waals surface area contributed by atoms with Gasteiger partial charge in [0.05, 0.1) is 11.9 Å². The summed E-state index contributed by atoms with van der Waals surface area (Å²) in [4.78, 5) is 19.4. The first-order chi connectivity index (χ1) is 10.9. The predicted octanol–water partition coefficient (Wildman–Crippen LogP) is 4.45. The summed E-state index contributed by atoms with van der Waals surface area (Å²) in [5, 5.41) is 0.652. The number of thiophene rings is 1. The van der Waals surface area contributed by atoms with Gasteiger partial charge in [-0.15, -0.1) is 17.8 Å². The number of aromatic nitrogens is 2. The lowest BCUT2D eigenvalue weighted by atomic mass is 10.0. The molecule has 3 rings (SSSR count). The number of terminal acetylenes is 1. The van der Waals surface area contributed by atoms with Crippen LogP contribution in [0.2, 0.25) is 0 Å². The SMILES string of the molecule is C#CCn1c(C)nc2sc(C)c(-c3cc(C)ccc3Br)c2c1=O. The van der Waals surface area contributed by atoms with Crippen LogP contribution >= 0.6 is 27.3 Å². The maximum Gasteiger partial charge on any atom is 0.263 e. The van der Waals surface area contributed by atoms with Gasteiger partial charge in [-0.2, -0.15) is 0 Å². The fourth-order valence-electron chi connectivity index (χ4n) is 2.73. The number of hydrogen-bond acceptors (Lipinski definition) is 3. The molecule has 0 bridgehead atoms. The summed E-state index contributed by atoms with van der Waals surface area (Å²) in [6.07, 6.45) is 5.40. The predicted molar refractivity (Wildman–Crippen MR) is 100 cm³/mol. The second kappa shape index (κ2) is 5.95. The molecule has 0 aliphatic carbocycles. The third-order valence-electron chi connectivity index (χ3n) is 3.82. The summed E-state index contributed by atoms with van der Waals surface area (Å²) in [7, 11) is 0. The molecule has 1 aromatic carbocycles. The Bertz CT molecular complexity index is 1020. The van der Waals surface area contributed by atoms with E-state index in [1.165, 1.54) is 0 Å². The summed E-state index contributed by atoms with van der Waals surface area (Å²) < 4.78 is 2.52. The van der Waals surface area contributed by atoms with Crippen molar-refractivity contribution in [2.24, 2.45) is 0 Å². The standard InChI is InChI=1S/C18H15BrN2OS/c1-5-8-21-12(4)20-17-16(18(21)22)15(11(3)23-17)13-9-10(2)6-7-14(13)19/h1,6-7,9H,8H2,2-4H3. The third kappa shape index (κ3) is 2.62. The van der Waals surface area contributed by atoms with Gasteiger partial charge < -0.3 is 0 Å². The van der Waals surface area contributed by atoms with Crippen molar-refractivity contribution < 1.29 is 0 Å². The van der Waals surface area contributed by atoms with E-state index in [9.17, 15) is 4.79 Å². The number of benzene rings is 1. The van der Waals surface area contributed by atoms with E-state index in [1.54, 1.807) is 15.9 Å². The minimum atomic E-state index is -0.0711. The molecule has 23 heavy (non-hydrogen) atoms. The van der Waals surface area contributed by atoms with Crippen molar-refractivity contribution >= 4 is 37.5 Å². The van der Waals surface area contributed by atoms with Gasteiger partial charge in [-0.25, -0.2) is 4.98 Å². The van der Waals surface area contributed by atoms with Crippen LogP contribution in [0.25, 0.3) is 21.3 Å². The van der Waals surface area contributed by atoms with Crippen LogP contribution in [0.1, 0.15) is 16.3 Å². The van der Waals surface area contributed by atoms with Crippen molar-refractivity contribution in [1.29, 1.82) is 0 Å². The van der Waals surface area contributed by atoms with E-state index in [0.717, 1.165) is 30.9 Å². The smallest absolute Gasteiger partial charge is 0.263 e. The number of nitrogens with zero attached hydrogens (tertiary/aromatic N) is 2. The Hall–Kier alpha value is -1.90. The van der Waals surface area contributed by atoms with E-state index in [2.05, 4.69) is 32.9 Å². The van der Waals surface area contributed by atoms with Crippen LogP contribution in [-0.4, -0.2) is 9.55 Å². The first kappa shape index (κ1) is 16.0. The van der Waals surface area contributed by atoms with Crippen LogP contribution in [0, 0.1) is 33.1 Å². The Balaban J connectivity index is 2.45. The summed E-state index contributed by atoms with van der Waals surface area (Å²) in [5.74, 6) is 3.18. The van der Waals surface area contributed by atoms with Crippen molar-refractivity contribution in [2.75, 3.05) is 0 Å². The van der Waals surface area contributed by atoms with Crippen LogP contribution in [-0.2, 0) is 6.54 Å². The lowest BCUT2D eigenvalue weighted by Crippen LogP contribution is -2.23. The number of fused-ring (bicyclic) bond motifs is 1. The van der Waals surface area contributed by atoms with Gasteiger partial charge in [0, 0.05) is 14.9 Å². The zero-order valence-corrected chi connectivity index (χ0v) is 15.5. The normalized spacial score (nSPS) is 10.9. The molecule has 0 radical (unpaired) electrons. The monoisotopic (exact) mass is 386 g/mol. The molecule has 2 heterocycles. The Morgan fingerprint density at radius 3 is 2.78 bits per heavy atom. The molecule has 0 N–H and O–H groups in total. The largest absolute Gasteiger partial charge is 0.284 e. The molecule has 3 aromatic rings. The first-order valence-corrected chi connectivity index (χ1v) is 8.75. The minimum Gasteiger partial charge on any atom is -0.284 e. The Labute approximate surface area is 147 Å². The highest BCUT2D eigenvalue weighted by Gasteiger charge is 2.19. The van der Waals surface area contributed by atoms with Crippen LogP contribution in [0.5, 0.6) is 0 Å². The van der Waals surface area contributed by atoms with Gasteiger partial charge in [0.25, 0.3) is 5.56 Å². The van der Waals surface area contributed by atoms with E-state index in [-0.39, 0.29) is 12.1 Å². The molecule has 0 fully saturated rings. The number of hydrogen-bond donors (Lipinski definition) is 0. The molecule has 5 heteroatoms. The molecule has 0 saturated carbocycles. The van der Waals surface area contributed by atoms with Crippen molar-refractivity contribution in [1.82, 2.24) is 9.55 Å². The molecule has 0 aliphatic rings. The quantitative estimate of drug-likeness (QED) is 0.609. The van der Waals surface area contributed by atoms with Crippen LogP contribution in [0.15, 0.2) is 27.5 Å². The third-order valence-corrected chi connectivity index (χ3v) is 5.51. The molecule has 2 aromatic heterocycles. The Morgan fingerprint density at radius 2 is 2.09 bits per heavy atom. The van der Waals surface area contributed by atoms with E-state index in [1.807, 2.05) is 32.9 Å². The maximum absolute atomic E-state index is 13.0. The highest BCUT2D eigenvalue weighted by atomic mass is 79.9. The van der Waals surface area contributed by atoms with Gasteiger partial charge >= 0.3 is 0 Å². The molecule has 0 saturated heterocycles. The first-order valence-electron chi connectivity index (χ1n) is 7.14.